The summed E-state index contributed by atoms with van der Waals surface area (Å²) in [5.41, 5.74) is 2.22. The lowest BCUT2D eigenvalue weighted by Crippen LogP contribution is -2.39. The fraction of sp³-hybridized carbons (Fsp3) is 0.381. The first-order valence-corrected chi connectivity index (χ1v) is 8.82. The van der Waals surface area contributed by atoms with Crippen molar-refractivity contribution in [3.63, 3.8) is 0 Å². The van der Waals surface area contributed by atoms with E-state index >= 15 is 0 Å². The largest absolute Gasteiger partial charge is 0.497 e. The summed E-state index contributed by atoms with van der Waals surface area (Å²) in [6, 6.07) is 13.3. The molecule has 26 heavy (non-hydrogen) atoms. The molecule has 5 nitrogen and oxygen atoms in total. The first kappa shape index (κ1) is 19.6. The Balaban J connectivity index is 1.82. The molecule has 0 saturated carbocycles. The van der Waals surface area contributed by atoms with Gasteiger partial charge in [0.25, 0.3) is 5.91 Å². The normalized spacial score (nSPS) is 11.5. The Kier molecular flexibility index (Phi) is 7.33. The summed E-state index contributed by atoms with van der Waals surface area (Å²) < 4.78 is 16.7. The molecule has 0 heterocycles. The highest BCUT2D eigenvalue weighted by molar-refractivity contribution is 5.81. The predicted octanol–water partition coefficient (Wildman–Crippen LogP) is 3.66. The molecule has 2 rings (SSSR count). The van der Waals surface area contributed by atoms with Crippen LogP contribution in [0.3, 0.4) is 0 Å². The first-order chi connectivity index (χ1) is 12.5. The van der Waals surface area contributed by atoms with E-state index in [9.17, 15) is 4.79 Å². The van der Waals surface area contributed by atoms with Crippen LogP contribution in [0.4, 0.5) is 0 Å². The monoisotopic (exact) mass is 357 g/mol. The summed E-state index contributed by atoms with van der Waals surface area (Å²) in [6.07, 6.45) is 0.0174. The quantitative estimate of drug-likeness (QED) is 0.696. The predicted molar refractivity (Wildman–Crippen MR) is 102 cm³/mol. The van der Waals surface area contributed by atoms with Gasteiger partial charge in [-0.1, -0.05) is 25.1 Å². The fourth-order valence-electron chi connectivity index (χ4n) is 2.47. The maximum atomic E-state index is 12.3. The molecule has 1 atom stereocenters. The standard InChI is InChI=1S/C21H27NO4/c1-5-19(26-18-8-6-7-17(14-18)24-4)21(23)22-11-12-25-20-13-15(2)9-10-16(20)3/h6-10,13-14,19H,5,11-12H2,1-4H3,(H,22,23)/t19-/m0/s1. The van der Waals surface area contributed by atoms with Gasteiger partial charge in [0.2, 0.25) is 0 Å². The van der Waals surface area contributed by atoms with E-state index in [0.717, 1.165) is 16.9 Å². The lowest BCUT2D eigenvalue weighted by molar-refractivity contribution is -0.128. The van der Waals surface area contributed by atoms with Gasteiger partial charge in [-0.05, 0) is 49.6 Å². The molecule has 0 bridgehead atoms. The number of amides is 1. The Hall–Kier alpha value is -2.69. The molecule has 0 spiro atoms. The minimum atomic E-state index is -0.553. The number of nitrogens with one attached hydrogen (secondary N) is 1. The number of benzene rings is 2. The molecule has 1 amide bonds. The smallest absolute Gasteiger partial charge is 0.261 e. The lowest BCUT2D eigenvalue weighted by atomic mass is 10.1. The van der Waals surface area contributed by atoms with Gasteiger partial charge in [0, 0.05) is 6.07 Å². The number of aryl methyl sites for hydroxylation is 2. The average molecular weight is 357 g/mol. The van der Waals surface area contributed by atoms with Crippen molar-refractivity contribution in [1.82, 2.24) is 5.32 Å². The van der Waals surface area contributed by atoms with Crippen molar-refractivity contribution in [2.24, 2.45) is 0 Å². The molecule has 0 saturated heterocycles. The van der Waals surface area contributed by atoms with Gasteiger partial charge in [0.15, 0.2) is 6.10 Å². The molecule has 0 fully saturated rings. The van der Waals surface area contributed by atoms with E-state index < -0.39 is 6.10 Å². The van der Waals surface area contributed by atoms with Crippen molar-refractivity contribution in [3.05, 3.63) is 53.6 Å². The van der Waals surface area contributed by atoms with Gasteiger partial charge in [-0.25, -0.2) is 0 Å². The zero-order chi connectivity index (χ0) is 18.9. The zero-order valence-electron chi connectivity index (χ0n) is 15.9. The van der Waals surface area contributed by atoms with Gasteiger partial charge >= 0.3 is 0 Å². The van der Waals surface area contributed by atoms with Crippen LogP contribution in [0, 0.1) is 13.8 Å². The van der Waals surface area contributed by atoms with Crippen LogP contribution < -0.4 is 19.5 Å². The summed E-state index contributed by atoms with van der Waals surface area (Å²) in [5, 5.41) is 2.87. The molecule has 0 unspecified atom stereocenters. The second-order valence-corrected chi connectivity index (χ2v) is 6.10. The van der Waals surface area contributed by atoms with Crippen LogP contribution in [-0.4, -0.2) is 32.3 Å². The second kappa shape index (κ2) is 9.70. The number of methoxy groups -OCH3 is 1. The average Bonchev–Trinajstić information content (AvgIpc) is 2.65. The molecule has 2 aromatic carbocycles. The third kappa shape index (κ3) is 5.69. The molecule has 2 aromatic rings. The van der Waals surface area contributed by atoms with Crippen LogP contribution in [0.25, 0.3) is 0 Å². The van der Waals surface area contributed by atoms with Crippen LogP contribution >= 0.6 is 0 Å². The van der Waals surface area contributed by atoms with Crippen LogP contribution in [0.2, 0.25) is 0 Å². The van der Waals surface area contributed by atoms with Gasteiger partial charge in [-0.15, -0.1) is 0 Å². The molecule has 0 aliphatic heterocycles. The second-order valence-electron chi connectivity index (χ2n) is 6.10. The number of rotatable bonds is 9. The summed E-state index contributed by atoms with van der Waals surface area (Å²) in [7, 11) is 1.60. The maximum Gasteiger partial charge on any atom is 0.261 e. The van der Waals surface area contributed by atoms with Gasteiger partial charge < -0.3 is 19.5 Å². The minimum Gasteiger partial charge on any atom is -0.497 e. The van der Waals surface area contributed by atoms with Gasteiger partial charge in [-0.2, -0.15) is 0 Å². The molecule has 0 aliphatic carbocycles. The van der Waals surface area contributed by atoms with E-state index in [1.165, 1.54) is 0 Å². The topological polar surface area (TPSA) is 56.8 Å². The van der Waals surface area contributed by atoms with Gasteiger partial charge in [-0.3, -0.25) is 4.79 Å². The van der Waals surface area contributed by atoms with Gasteiger partial charge in [0.05, 0.1) is 13.7 Å². The van der Waals surface area contributed by atoms with E-state index in [0.29, 0.717) is 31.1 Å². The first-order valence-electron chi connectivity index (χ1n) is 8.82. The molecule has 1 N–H and O–H groups in total. The molecule has 0 radical (unpaired) electrons. The summed E-state index contributed by atoms with van der Waals surface area (Å²) >= 11 is 0. The van der Waals surface area contributed by atoms with E-state index in [4.69, 9.17) is 14.2 Å². The Labute approximate surface area is 155 Å². The van der Waals surface area contributed by atoms with Crippen molar-refractivity contribution < 1.29 is 19.0 Å². The van der Waals surface area contributed by atoms with E-state index in [-0.39, 0.29) is 5.91 Å². The SMILES string of the molecule is CC[C@H](Oc1cccc(OC)c1)C(=O)NCCOc1cc(C)ccc1C. The van der Waals surface area contributed by atoms with Crippen molar-refractivity contribution in [2.75, 3.05) is 20.3 Å². The molecular formula is C21H27NO4. The molecule has 0 aliphatic rings. The maximum absolute atomic E-state index is 12.3. The van der Waals surface area contributed by atoms with Crippen LogP contribution in [0.15, 0.2) is 42.5 Å². The van der Waals surface area contributed by atoms with Crippen molar-refractivity contribution in [1.29, 1.82) is 0 Å². The van der Waals surface area contributed by atoms with Crippen LogP contribution in [0.5, 0.6) is 17.2 Å². The van der Waals surface area contributed by atoms with Gasteiger partial charge in [0.1, 0.15) is 23.9 Å². The van der Waals surface area contributed by atoms with E-state index in [1.54, 1.807) is 13.2 Å². The third-order valence-corrected chi connectivity index (χ3v) is 3.99. The molecule has 5 heteroatoms. The van der Waals surface area contributed by atoms with E-state index in [1.807, 2.05) is 57.2 Å². The summed E-state index contributed by atoms with van der Waals surface area (Å²) in [4.78, 5) is 12.3. The number of ether oxygens (including phenoxy) is 3. The van der Waals surface area contributed by atoms with E-state index in [2.05, 4.69) is 5.32 Å². The Morgan fingerprint density at radius 1 is 1.12 bits per heavy atom. The Morgan fingerprint density at radius 2 is 1.88 bits per heavy atom. The van der Waals surface area contributed by atoms with Crippen molar-refractivity contribution in [2.45, 2.75) is 33.3 Å². The minimum absolute atomic E-state index is 0.153. The fourth-order valence-corrected chi connectivity index (χ4v) is 2.47. The number of carbonyl (C=O) groups excluding carboxylic acids is 1. The number of carbonyl (C=O) groups is 1. The highest BCUT2D eigenvalue weighted by Gasteiger charge is 2.18. The highest BCUT2D eigenvalue weighted by Crippen LogP contribution is 2.21. The molecule has 140 valence electrons. The highest BCUT2D eigenvalue weighted by atomic mass is 16.5. The van der Waals surface area contributed by atoms with Crippen molar-refractivity contribution in [3.8, 4) is 17.2 Å². The van der Waals surface area contributed by atoms with Crippen LogP contribution in [-0.2, 0) is 4.79 Å². The molecule has 0 aromatic heterocycles. The molecular weight excluding hydrogens is 330 g/mol. The summed E-state index contributed by atoms with van der Waals surface area (Å²) in [5.74, 6) is 2.00. The lowest BCUT2D eigenvalue weighted by Gasteiger charge is -2.18. The number of hydrogen-bond donors (Lipinski definition) is 1. The Morgan fingerprint density at radius 3 is 2.62 bits per heavy atom. The zero-order valence-corrected chi connectivity index (χ0v) is 15.9. The third-order valence-electron chi connectivity index (χ3n) is 3.99. The Bertz CT molecular complexity index is 730. The van der Waals surface area contributed by atoms with Crippen LogP contribution in [0.1, 0.15) is 24.5 Å². The summed E-state index contributed by atoms with van der Waals surface area (Å²) in [6.45, 7) is 6.77. The van der Waals surface area contributed by atoms with Crippen molar-refractivity contribution >= 4 is 5.91 Å². The number of hydrogen-bond acceptors (Lipinski definition) is 4.